The van der Waals surface area contributed by atoms with E-state index in [0.29, 0.717) is 11.3 Å². The molecular formula is C15H20FNO. The third-order valence-electron chi connectivity index (χ3n) is 3.89. The Morgan fingerprint density at radius 3 is 2.56 bits per heavy atom. The van der Waals surface area contributed by atoms with Crippen molar-refractivity contribution < 1.29 is 9.18 Å². The van der Waals surface area contributed by atoms with Gasteiger partial charge in [-0.2, -0.15) is 0 Å². The molecule has 0 atom stereocenters. The van der Waals surface area contributed by atoms with Crippen LogP contribution in [0.25, 0.3) is 0 Å². The molecule has 98 valence electrons. The minimum absolute atomic E-state index is 0.0293. The zero-order chi connectivity index (χ0) is 13.3. The van der Waals surface area contributed by atoms with Crippen LogP contribution in [0.2, 0.25) is 0 Å². The van der Waals surface area contributed by atoms with Crippen LogP contribution < -0.4 is 5.32 Å². The van der Waals surface area contributed by atoms with Gasteiger partial charge in [-0.15, -0.1) is 0 Å². The van der Waals surface area contributed by atoms with Gasteiger partial charge < -0.3 is 5.32 Å². The molecule has 0 radical (unpaired) electrons. The fraction of sp³-hybridized carbons (Fsp3) is 0.533. The van der Waals surface area contributed by atoms with E-state index in [0.717, 1.165) is 19.3 Å². The maximum atomic E-state index is 13.8. The molecule has 0 bridgehead atoms. The molecule has 1 N–H and O–H groups in total. The summed E-state index contributed by atoms with van der Waals surface area (Å²) in [5.74, 6) is -0.0639. The first-order valence-electron chi connectivity index (χ1n) is 6.59. The summed E-state index contributed by atoms with van der Waals surface area (Å²) in [5.41, 5.74) is 1.05. The van der Waals surface area contributed by atoms with Crippen molar-refractivity contribution in [1.82, 2.24) is 0 Å². The number of benzene rings is 1. The lowest BCUT2D eigenvalue weighted by Gasteiger charge is -2.14. The SMILES string of the molecule is CCC1(C(=O)Nc2ccc(C(C)C)c(F)c2)CC1. The van der Waals surface area contributed by atoms with Gasteiger partial charge in [0, 0.05) is 11.1 Å². The summed E-state index contributed by atoms with van der Waals surface area (Å²) in [7, 11) is 0. The molecule has 1 aromatic rings. The second kappa shape index (κ2) is 4.71. The summed E-state index contributed by atoms with van der Waals surface area (Å²) < 4.78 is 13.8. The topological polar surface area (TPSA) is 29.1 Å². The van der Waals surface area contributed by atoms with E-state index in [2.05, 4.69) is 5.32 Å². The Kier molecular flexibility index (Phi) is 3.42. The Labute approximate surface area is 108 Å². The maximum absolute atomic E-state index is 13.8. The zero-order valence-electron chi connectivity index (χ0n) is 11.2. The van der Waals surface area contributed by atoms with Gasteiger partial charge in [-0.05, 0) is 42.9 Å². The van der Waals surface area contributed by atoms with Crippen LogP contribution in [-0.4, -0.2) is 5.91 Å². The number of rotatable bonds is 4. The highest BCUT2D eigenvalue weighted by molar-refractivity contribution is 5.97. The molecule has 0 unspecified atom stereocenters. The quantitative estimate of drug-likeness (QED) is 0.856. The number of hydrogen-bond acceptors (Lipinski definition) is 1. The van der Waals surface area contributed by atoms with E-state index in [1.54, 1.807) is 12.1 Å². The van der Waals surface area contributed by atoms with Crippen molar-refractivity contribution in [2.75, 3.05) is 5.32 Å². The van der Waals surface area contributed by atoms with Crippen LogP contribution in [0, 0.1) is 11.2 Å². The van der Waals surface area contributed by atoms with Crippen LogP contribution in [-0.2, 0) is 4.79 Å². The number of amides is 1. The lowest BCUT2D eigenvalue weighted by Crippen LogP contribution is -2.23. The number of hydrogen-bond donors (Lipinski definition) is 1. The summed E-state index contributed by atoms with van der Waals surface area (Å²) in [6, 6.07) is 4.95. The van der Waals surface area contributed by atoms with Crippen molar-refractivity contribution >= 4 is 11.6 Å². The predicted molar refractivity (Wildman–Crippen MR) is 71.1 cm³/mol. The fourth-order valence-corrected chi connectivity index (χ4v) is 2.23. The average Bonchev–Trinajstić information content (AvgIpc) is 3.09. The van der Waals surface area contributed by atoms with Crippen molar-refractivity contribution in [1.29, 1.82) is 0 Å². The number of carbonyl (C=O) groups is 1. The number of nitrogens with one attached hydrogen (secondary N) is 1. The molecule has 3 heteroatoms. The average molecular weight is 249 g/mol. The van der Waals surface area contributed by atoms with Crippen molar-refractivity contribution in [3.05, 3.63) is 29.6 Å². The van der Waals surface area contributed by atoms with Crippen LogP contribution in [0.4, 0.5) is 10.1 Å². The first-order chi connectivity index (χ1) is 8.48. The van der Waals surface area contributed by atoms with E-state index in [1.807, 2.05) is 20.8 Å². The highest BCUT2D eigenvalue weighted by atomic mass is 19.1. The third-order valence-corrected chi connectivity index (χ3v) is 3.89. The van der Waals surface area contributed by atoms with Crippen LogP contribution in [0.5, 0.6) is 0 Å². The summed E-state index contributed by atoms with van der Waals surface area (Å²) in [5, 5.41) is 2.82. The molecule has 1 aliphatic carbocycles. The van der Waals surface area contributed by atoms with Crippen molar-refractivity contribution in [3.8, 4) is 0 Å². The van der Waals surface area contributed by atoms with Crippen LogP contribution in [0.15, 0.2) is 18.2 Å². The van der Waals surface area contributed by atoms with E-state index in [-0.39, 0.29) is 23.1 Å². The maximum Gasteiger partial charge on any atom is 0.230 e. The van der Waals surface area contributed by atoms with Gasteiger partial charge in [-0.25, -0.2) is 4.39 Å². The normalized spacial score (nSPS) is 16.7. The Bertz CT molecular complexity index is 464. The third kappa shape index (κ3) is 2.40. The molecule has 1 amide bonds. The Morgan fingerprint density at radius 2 is 2.11 bits per heavy atom. The minimum atomic E-state index is -0.246. The summed E-state index contributed by atoms with van der Waals surface area (Å²) in [4.78, 5) is 12.0. The van der Waals surface area contributed by atoms with Crippen LogP contribution in [0.1, 0.15) is 51.5 Å². The van der Waals surface area contributed by atoms with Gasteiger partial charge in [-0.1, -0.05) is 26.8 Å². The van der Waals surface area contributed by atoms with E-state index in [4.69, 9.17) is 0 Å². The molecule has 18 heavy (non-hydrogen) atoms. The number of carbonyl (C=O) groups excluding carboxylic acids is 1. The van der Waals surface area contributed by atoms with Crippen LogP contribution >= 0.6 is 0 Å². The van der Waals surface area contributed by atoms with E-state index < -0.39 is 0 Å². The molecule has 1 aliphatic rings. The smallest absolute Gasteiger partial charge is 0.230 e. The van der Waals surface area contributed by atoms with Gasteiger partial charge in [0.1, 0.15) is 5.82 Å². The van der Waals surface area contributed by atoms with Crippen molar-refractivity contribution in [2.24, 2.45) is 5.41 Å². The molecule has 1 saturated carbocycles. The molecule has 1 aromatic carbocycles. The molecule has 0 heterocycles. The Hall–Kier alpha value is -1.38. The molecule has 0 spiro atoms. The van der Waals surface area contributed by atoms with Crippen LogP contribution in [0.3, 0.4) is 0 Å². The Morgan fingerprint density at radius 1 is 1.44 bits per heavy atom. The fourth-order valence-electron chi connectivity index (χ4n) is 2.23. The highest BCUT2D eigenvalue weighted by Crippen LogP contribution is 2.49. The molecule has 0 saturated heterocycles. The summed E-state index contributed by atoms with van der Waals surface area (Å²) in [6.45, 7) is 5.93. The van der Waals surface area contributed by atoms with Crippen molar-refractivity contribution in [2.45, 2.75) is 46.0 Å². The molecule has 1 fully saturated rings. The van der Waals surface area contributed by atoms with E-state index in [1.165, 1.54) is 6.07 Å². The van der Waals surface area contributed by atoms with E-state index in [9.17, 15) is 9.18 Å². The Balaban J connectivity index is 2.11. The summed E-state index contributed by atoms with van der Waals surface area (Å²) >= 11 is 0. The van der Waals surface area contributed by atoms with Gasteiger partial charge in [-0.3, -0.25) is 4.79 Å². The summed E-state index contributed by atoms with van der Waals surface area (Å²) in [6.07, 6.45) is 2.75. The highest BCUT2D eigenvalue weighted by Gasteiger charge is 2.47. The minimum Gasteiger partial charge on any atom is -0.326 e. The van der Waals surface area contributed by atoms with Gasteiger partial charge >= 0.3 is 0 Å². The number of anilines is 1. The second-order valence-electron chi connectivity index (χ2n) is 5.48. The molecule has 0 aromatic heterocycles. The first kappa shape index (κ1) is 13.1. The largest absolute Gasteiger partial charge is 0.326 e. The molecule has 2 nitrogen and oxygen atoms in total. The number of halogens is 1. The van der Waals surface area contributed by atoms with Gasteiger partial charge in [0.15, 0.2) is 0 Å². The van der Waals surface area contributed by atoms with Gasteiger partial charge in [0.25, 0.3) is 0 Å². The predicted octanol–water partition coefficient (Wildman–Crippen LogP) is 4.08. The molecular weight excluding hydrogens is 229 g/mol. The lowest BCUT2D eigenvalue weighted by atomic mass is 10.0. The van der Waals surface area contributed by atoms with Crippen molar-refractivity contribution in [3.63, 3.8) is 0 Å². The molecule has 2 rings (SSSR count). The second-order valence-corrected chi connectivity index (χ2v) is 5.48. The lowest BCUT2D eigenvalue weighted by molar-refractivity contribution is -0.121. The van der Waals surface area contributed by atoms with Gasteiger partial charge in [0.05, 0.1) is 0 Å². The standard InChI is InChI=1S/C15H20FNO/c1-4-15(7-8-15)14(18)17-11-5-6-12(10(2)3)13(16)9-11/h5-6,9-10H,4,7-8H2,1-3H3,(H,17,18). The monoisotopic (exact) mass is 249 g/mol. The first-order valence-corrected chi connectivity index (χ1v) is 6.59. The van der Waals surface area contributed by atoms with Gasteiger partial charge in [0.2, 0.25) is 5.91 Å². The zero-order valence-corrected chi connectivity index (χ0v) is 11.2. The molecule has 0 aliphatic heterocycles. The van der Waals surface area contributed by atoms with E-state index >= 15 is 0 Å².